The molecule has 5 nitrogen and oxygen atoms in total. The lowest BCUT2D eigenvalue weighted by Crippen LogP contribution is -2.56. The first kappa shape index (κ1) is 16.9. The topological polar surface area (TPSA) is 56.6 Å². The zero-order valence-corrected chi connectivity index (χ0v) is 14.1. The van der Waals surface area contributed by atoms with Crippen LogP contribution in [-0.2, 0) is 16.1 Å². The molecule has 1 aliphatic heterocycles. The van der Waals surface area contributed by atoms with Gasteiger partial charge < -0.3 is 9.64 Å². The number of carbonyl (C=O) groups excluding carboxylic acids is 1. The molecule has 0 bridgehead atoms. The molecular weight excluding hydrogens is 302 g/mol. The maximum absolute atomic E-state index is 12.8. The van der Waals surface area contributed by atoms with Crippen LogP contribution in [0.4, 0.5) is 0 Å². The zero-order chi connectivity index (χ0) is 16.8. The van der Waals surface area contributed by atoms with Crippen molar-refractivity contribution in [3.05, 3.63) is 35.9 Å². The van der Waals surface area contributed by atoms with Gasteiger partial charge in [-0.1, -0.05) is 43.2 Å². The Balaban J connectivity index is 1.63. The second kappa shape index (κ2) is 8.27. The lowest BCUT2D eigenvalue weighted by atomic mass is 9.90. The van der Waals surface area contributed by atoms with Gasteiger partial charge in [-0.15, -0.1) is 0 Å². The van der Waals surface area contributed by atoms with Crippen molar-refractivity contribution in [2.45, 2.75) is 44.4 Å². The third-order valence-corrected chi connectivity index (χ3v) is 4.95. The molecule has 0 aromatic heterocycles. The number of nitrogens with zero attached hydrogens (tertiary/aromatic N) is 3. The highest BCUT2D eigenvalue weighted by Crippen LogP contribution is 2.28. The van der Waals surface area contributed by atoms with Crippen molar-refractivity contribution in [3.63, 3.8) is 0 Å². The van der Waals surface area contributed by atoms with Crippen molar-refractivity contribution < 1.29 is 9.53 Å². The number of carbonyl (C=O) groups is 1. The molecule has 0 radical (unpaired) electrons. The van der Waals surface area contributed by atoms with Crippen molar-refractivity contribution in [1.29, 1.82) is 5.26 Å². The Morgan fingerprint density at radius 2 is 2.08 bits per heavy atom. The monoisotopic (exact) mass is 327 g/mol. The van der Waals surface area contributed by atoms with E-state index in [1.165, 1.54) is 12.8 Å². The highest BCUT2D eigenvalue weighted by molar-refractivity contribution is 5.78. The van der Waals surface area contributed by atoms with Gasteiger partial charge in [0.05, 0.1) is 37.9 Å². The number of hydrogen-bond acceptors (Lipinski definition) is 4. The van der Waals surface area contributed by atoms with Gasteiger partial charge in [0.1, 0.15) is 0 Å². The normalized spacial score (nSPS) is 23.6. The molecule has 1 aliphatic carbocycles. The van der Waals surface area contributed by atoms with E-state index in [1.54, 1.807) is 0 Å². The van der Waals surface area contributed by atoms with Gasteiger partial charge in [0.15, 0.2) is 0 Å². The first-order valence-electron chi connectivity index (χ1n) is 8.82. The van der Waals surface area contributed by atoms with Gasteiger partial charge in [-0.3, -0.25) is 9.69 Å². The number of fused-ring (bicyclic) bond motifs is 1. The Morgan fingerprint density at radius 3 is 2.88 bits per heavy atom. The van der Waals surface area contributed by atoms with E-state index in [0.717, 1.165) is 18.4 Å². The summed E-state index contributed by atoms with van der Waals surface area (Å²) in [4.78, 5) is 16.8. The number of rotatable bonds is 5. The van der Waals surface area contributed by atoms with Crippen molar-refractivity contribution in [2.75, 3.05) is 26.2 Å². The lowest BCUT2D eigenvalue weighted by molar-refractivity contribution is -0.150. The van der Waals surface area contributed by atoms with E-state index in [2.05, 4.69) is 6.07 Å². The van der Waals surface area contributed by atoms with Crippen LogP contribution < -0.4 is 0 Å². The predicted octanol–water partition coefficient (Wildman–Crippen LogP) is 2.18. The molecular formula is C19H25N3O2. The smallest absolute Gasteiger partial charge is 0.237 e. The SMILES string of the molecule is N#CCN(CC(=O)N1CCO[C@H]2CCCC[C@H]21)Cc1ccccc1. The molecule has 0 N–H and O–H groups in total. The minimum Gasteiger partial charge on any atom is -0.374 e. The van der Waals surface area contributed by atoms with Crippen LogP contribution in [0.1, 0.15) is 31.2 Å². The number of morpholine rings is 1. The summed E-state index contributed by atoms with van der Waals surface area (Å²) in [5.74, 6) is 0.126. The van der Waals surface area contributed by atoms with Crippen LogP contribution in [0.2, 0.25) is 0 Å². The van der Waals surface area contributed by atoms with Crippen LogP contribution in [0.25, 0.3) is 0 Å². The van der Waals surface area contributed by atoms with E-state index >= 15 is 0 Å². The average molecular weight is 327 g/mol. The second-order valence-corrected chi connectivity index (χ2v) is 6.64. The van der Waals surface area contributed by atoms with Gasteiger partial charge in [0, 0.05) is 13.1 Å². The second-order valence-electron chi connectivity index (χ2n) is 6.64. The summed E-state index contributed by atoms with van der Waals surface area (Å²) in [7, 11) is 0. The molecule has 3 rings (SSSR count). The minimum absolute atomic E-state index is 0.126. The average Bonchev–Trinajstić information content (AvgIpc) is 2.62. The summed E-state index contributed by atoms with van der Waals surface area (Å²) in [5.41, 5.74) is 1.12. The molecule has 1 heterocycles. The van der Waals surface area contributed by atoms with Crippen molar-refractivity contribution in [2.24, 2.45) is 0 Å². The van der Waals surface area contributed by atoms with E-state index < -0.39 is 0 Å². The highest BCUT2D eigenvalue weighted by atomic mass is 16.5. The molecule has 2 atom stereocenters. The van der Waals surface area contributed by atoms with E-state index in [9.17, 15) is 4.79 Å². The van der Waals surface area contributed by atoms with Crippen LogP contribution in [0.3, 0.4) is 0 Å². The predicted molar refractivity (Wildman–Crippen MR) is 91.0 cm³/mol. The summed E-state index contributed by atoms with van der Waals surface area (Å²) in [6, 6.07) is 12.4. The largest absolute Gasteiger partial charge is 0.374 e. The molecule has 1 amide bonds. The summed E-state index contributed by atoms with van der Waals surface area (Å²) < 4.78 is 5.85. The quantitative estimate of drug-likeness (QED) is 0.778. The zero-order valence-electron chi connectivity index (χ0n) is 14.1. The first-order valence-corrected chi connectivity index (χ1v) is 8.82. The number of amides is 1. The summed E-state index contributed by atoms with van der Waals surface area (Å²) in [5, 5.41) is 9.09. The Labute approximate surface area is 143 Å². The molecule has 128 valence electrons. The summed E-state index contributed by atoms with van der Waals surface area (Å²) in [6.45, 7) is 2.49. The number of hydrogen-bond donors (Lipinski definition) is 0. The maximum atomic E-state index is 12.8. The van der Waals surface area contributed by atoms with Crippen LogP contribution >= 0.6 is 0 Å². The standard InChI is InChI=1S/C19H25N3O2/c20-10-11-21(14-16-6-2-1-3-7-16)15-19(23)22-12-13-24-18-9-5-4-8-17(18)22/h1-3,6-7,17-18H,4-5,8-9,11-15H2/t17-,18+/m1/s1. The van der Waals surface area contributed by atoms with Gasteiger partial charge in [0.25, 0.3) is 0 Å². The molecule has 1 aromatic rings. The maximum Gasteiger partial charge on any atom is 0.237 e. The molecule has 1 saturated heterocycles. The van der Waals surface area contributed by atoms with Crippen molar-refractivity contribution in [1.82, 2.24) is 9.80 Å². The molecule has 2 aliphatic rings. The fraction of sp³-hybridized carbons (Fsp3) is 0.579. The van der Waals surface area contributed by atoms with Crippen LogP contribution in [0.5, 0.6) is 0 Å². The number of ether oxygens (including phenoxy) is 1. The lowest BCUT2D eigenvalue weighted by Gasteiger charge is -2.44. The van der Waals surface area contributed by atoms with E-state index in [4.69, 9.17) is 10.00 Å². The highest BCUT2D eigenvalue weighted by Gasteiger charge is 2.36. The van der Waals surface area contributed by atoms with Gasteiger partial charge >= 0.3 is 0 Å². The van der Waals surface area contributed by atoms with Gasteiger partial charge in [0.2, 0.25) is 5.91 Å². The van der Waals surface area contributed by atoms with Crippen molar-refractivity contribution >= 4 is 5.91 Å². The number of nitriles is 1. The Hall–Kier alpha value is -1.90. The fourth-order valence-electron chi connectivity index (χ4n) is 3.80. The molecule has 0 spiro atoms. The summed E-state index contributed by atoms with van der Waals surface area (Å²) in [6.07, 6.45) is 4.65. The third kappa shape index (κ3) is 4.14. The Kier molecular flexibility index (Phi) is 5.84. The molecule has 1 aromatic carbocycles. The van der Waals surface area contributed by atoms with Crippen LogP contribution in [-0.4, -0.2) is 54.1 Å². The third-order valence-electron chi connectivity index (χ3n) is 4.95. The number of benzene rings is 1. The molecule has 1 saturated carbocycles. The molecule has 0 unspecified atom stereocenters. The molecule has 24 heavy (non-hydrogen) atoms. The van der Waals surface area contributed by atoms with Crippen LogP contribution in [0, 0.1) is 11.3 Å². The Morgan fingerprint density at radius 1 is 1.29 bits per heavy atom. The van der Waals surface area contributed by atoms with E-state index in [-0.39, 0.29) is 24.6 Å². The molecule has 5 heteroatoms. The van der Waals surface area contributed by atoms with Crippen molar-refractivity contribution in [3.8, 4) is 6.07 Å². The van der Waals surface area contributed by atoms with Crippen LogP contribution in [0.15, 0.2) is 30.3 Å². The first-order chi connectivity index (χ1) is 11.8. The minimum atomic E-state index is 0.126. The molecule has 2 fully saturated rings. The van der Waals surface area contributed by atoms with Gasteiger partial charge in [-0.25, -0.2) is 0 Å². The van der Waals surface area contributed by atoms with Gasteiger partial charge in [-0.2, -0.15) is 5.26 Å². The van der Waals surface area contributed by atoms with E-state index in [0.29, 0.717) is 26.2 Å². The fourth-order valence-corrected chi connectivity index (χ4v) is 3.80. The summed E-state index contributed by atoms with van der Waals surface area (Å²) >= 11 is 0. The van der Waals surface area contributed by atoms with E-state index in [1.807, 2.05) is 40.1 Å². The Bertz CT molecular complexity index is 582. The van der Waals surface area contributed by atoms with Gasteiger partial charge in [-0.05, 0) is 18.4 Å².